The molecule has 0 saturated carbocycles. The summed E-state index contributed by atoms with van der Waals surface area (Å²) in [5, 5.41) is 7.05. The Balaban J connectivity index is 1.57. The van der Waals surface area contributed by atoms with E-state index in [1.165, 1.54) is 10.7 Å². The van der Waals surface area contributed by atoms with Gasteiger partial charge in [0.1, 0.15) is 11.4 Å². The molecular weight excluding hydrogens is 358 g/mol. The van der Waals surface area contributed by atoms with Crippen molar-refractivity contribution in [2.24, 2.45) is 0 Å². The summed E-state index contributed by atoms with van der Waals surface area (Å²) in [6, 6.07) is 12.3. The van der Waals surface area contributed by atoms with Gasteiger partial charge in [-0.2, -0.15) is 5.10 Å². The minimum absolute atomic E-state index is 0.245. The fourth-order valence-electron chi connectivity index (χ4n) is 2.69. The summed E-state index contributed by atoms with van der Waals surface area (Å²) in [7, 11) is 0. The van der Waals surface area contributed by atoms with Crippen LogP contribution in [0.25, 0.3) is 11.5 Å². The van der Waals surface area contributed by atoms with Crippen LogP contribution in [0.4, 0.5) is 0 Å². The van der Waals surface area contributed by atoms with Crippen molar-refractivity contribution in [3.05, 3.63) is 70.2 Å². The lowest BCUT2D eigenvalue weighted by atomic mass is 10.1. The van der Waals surface area contributed by atoms with Gasteiger partial charge in [-0.25, -0.2) is 4.68 Å². The summed E-state index contributed by atoms with van der Waals surface area (Å²) in [6.07, 6.45) is 0.893. The maximum Gasteiger partial charge on any atom is 0.266 e. The molecule has 0 spiro atoms. The Labute approximate surface area is 162 Å². The number of nitrogens with one attached hydrogen (secondary N) is 1. The average molecular weight is 381 g/mol. The number of carbonyl (C=O) groups excluding carboxylic acids is 1. The Morgan fingerprint density at radius 3 is 2.79 bits per heavy atom. The van der Waals surface area contributed by atoms with Gasteiger partial charge in [-0.05, 0) is 56.2 Å². The lowest BCUT2D eigenvalue weighted by molar-refractivity contribution is -0.127. The zero-order valence-corrected chi connectivity index (χ0v) is 16.1. The molecule has 146 valence electrons. The highest BCUT2D eigenvalue weighted by Gasteiger charge is 2.16. The summed E-state index contributed by atoms with van der Waals surface area (Å²) >= 11 is 0. The van der Waals surface area contributed by atoms with Crippen LogP contribution in [0, 0.1) is 13.8 Å². The molecule has 0 radical (unpaired) electrons. The van der Waals surface area contributed by atoms with E-state index < -0.39 is 6.10 Å². The molecule has 0 saturated heterocycles. The molecule has 0 aliphatic heterocycles. The SMILES string of the molecule is Cc1cccc(OC(C)C(=O)NCCn2nc(-c3ccco3)ccc2=O)c1C. The topological polar surface area (TPSA) is 86.4 Å². The van der Waals surface area contributed by atoms with Gasteiger partial charge >= 0.3 is 0 Å². The number of aryl methyl sites for hydroxylation is 1. The van der Waals surface area contributed by atoms with Crippen LogP contribution in [0.3, 0.4) is 0 Å². The van der Waals surface area contributed by atoms with Gasteiger partial charge in [0.05, 0.1) is 12.8 Å². The predicted octanol–water partition coefficient (Wildman–Crippen LogP) is 2.70. The van der Waals surface area contributed by atoms with E-state index in [0.29, 0.717) is 17.2 Å². The molecule has 1 amide bonds. The first-order valence-electron chi connectivity index (χ1n) is 9.08. The summed E-state index contributed by atoms with van der Waals surface area (Å²) in [4.78, 5) is 24.3. The molecular formula is C21H23N3O4. The van der Waals surface area contributed by atoms with Crippen LogP contribution in [0.1, 0.15) is 18.1 Å². The Bertz CT molecular complexity index is 1010. The molecule has 2 aromatic heterocycles. The quantitative estimate of drug-likeness (QED) is 0.680. The van der Waals surface area contributed by atoms with Crippen molar-refractivity contribution in [2.75, 3.05) is 6.54 Å². The third-order valence-electron chi connectivity index (χ3n) is 4.49. The monoisotopic (exact) mass is 381 g/mol. The number of nitrogens with zero attached hydrogens (tertiary/aromatic N) is 2. The Morgan fingerprint density at radius 1 is 1.21 bits per heavy atom. The number of ether oxygens (including phenoxy) is 1. The van der Waals surface area contributed by atoms with Crippen molar-refractivity contribution >= 4 is 5.91 Å². The van der Waals surface area contributed by atoms with Crippen molar-refractivity contribution in [2.45, 2.75) is 33.4 Å². The molecule has 1 aromatic carbocycles. The van der Waals surface area contributed by atoms with Gasteiger partial charge in [-0.1, -0.05) is 12.1 Å². The zero-order chi connectivity index (χ0) is 20.1. The molecule has 0 aliphatic rings. The second-order valence-corrected chi connectivity index (χ2v) is 6.51. The third kappa shape index (κ3) is 4.49. The molecule has 1 atom stereocenters. The lowest BCUT2D eigenvalue weighted by Crippen LogP contribution is -2.39. The largest absolute Gasteiger partial charge is 0.481 e. The summed E-state index contributed by atoms with van der Waals surface area (Å²) in [5.74, 6) is 1.01. The van der Waals surface area contributed by atoms with Crippen molar-refractivity contribution in [3.63, 3.8) is 0 Å². The smallest absolute Gasteiger partial charge is 0.266 e. The van der Waals surface area contributed by atoms with Gasteiger partial charge in [0.15, 0.2) is 11.9 Å². The molecule has 1 unspecified atom stereocenters. The molecule has 7 heteroatoms. The number of furan rings is 1. The predicted molar refractivity (Wildman–Crippen MR) is 105 cm³/mol. The lowest BCUT2D eigenvalue weighted by Gasteiger charge is -2.17. The second kappa shape index (κ2) is 8.56. The number of aromatic nitrogens is 2. The van der Waals surface area contributed by atoms with E-state index in [0.717, 1.165) is 11.1 Å². The fourth-order valence-corrected chi connectivity index (χ4v) is 2.69. The molecule has 0 aliphatic carbocycles. The second-order valence-electron chi connectivity index (χ2n) is 6.51. The van der Waals surface area contributed by atoms with E-state index in [-0.39, 0.29) is 24.6 Å². The summed E-state index contributed by atoms with van der Waals surface area (Å²) < 4.78 is 12.4. The molecule has 28 heavy (non-hydrogen) atoms. The van der Waals surface area contributed by atoms with Crippen LogP contribution >= 0.6 is 0 Å². The standard InChI is InChI=1S/C21H23N3O4/c1-14-6-4-7-18(15(14)2)28-16(3)21(26)22-11-12-24-20(25)10-9-17(23-24)19-8-5-13-27-19/h4-10,13,16H,11-12H2,1-3H3,(H,22,26). The number of benzene rings is 1. The third-order valence-corrected chi connectivity index (χ3v) is 4.49. The summed E-state index contributed by atoms with van der Waals surface area (Å²) in [5.41, 5.74) is 2.42. The van der Waals surface area contributed by atoms with Crippen LogP contribution in [0.15, 0.2) is 57.9 Å². The summed E-state index contributed by atoms with van der Waals surface area (Å²) in [6.45, 7) is 6.15. The van der Waals surface area contributed by atoms with E-state index >= 15 is 0 Å². The highest BCUT2D eigenvalue weighted by Crippen LogP contribution is 2.21. The molecule has 3 aromatic rings. The van der Waals surface area contributed by atoms with Gasteiger partial charge in [-0.15, -0.1) is 0 Å². The van der Waals surface area contributed by atoms with Crippen LogP contribution in [-0.4, -0.2) is 28.3 Å². The molecule has 1 N–H and O–H groups in total. The number of rotatable bonds is 7. The maximum absolute atomic E-state index is 12.3. The van der Waals surface area contributed by atoms with E-state index in [9.17, 15) is 9.59 Å². The number of amides is 1. The first-order chi connectivity index (χ1) is 13.5. The van der Waals surface area contributed by atoms with Crippen molar-refractivity contribution < 1.29 is 13.9 Å². The normalized spacial score (nSPS) is 11.8. The zero-order valence-electron chi connectivity index (χ0n) is 16.1. The highest BCUT2D eigenvalue weighted by atomic mass is 16.5. The van der Waals surface area contributed by atoms with Crippen molar-refractivity contribution in [1.82, 2.24) is 15.1 Å². The fraction of sp³-hybridized carbons (Fsp3) is 0.286. The van der Waals surface area contributed by atoms with Gasteiger partial charge < -0.3 is 14.5 Å². The van der Waals surface area contributed by atoms with E-state index in [4.69, 9.17) is 9.15 Å². The minimum Gasteiger partial charge on any atom is -0.481 e. The Morgan fingerprint density at radius 2 is 2.04 bits per heavy atom. The number of carbonyl (C=O) groups is 1. The van der Waals surface area contributed by atoms with Crippen LogP contribution in [0.2, 0.25) is 0 Å². The molecule has 2 heterocycles. The number of hydrogen-bond donors (Lipinski definition) is 1. The van der Waals surface area contributed by atoms with E-state index in [1.54, 1.807) is 31.4 Å². The highest BCUT2D eigenvalue weighted by molar-refractivity contribution is 5.80. The van der Waals surface area contributed by atoms with Gasteiger partial charge in [0.2, 0.25) is 0 Å². The number of hydrogen-bond acceptors (Lipinski definition) is 5. The molecule has 3 rings (SSSR count). The van der Waals surface area contributed by atoms with E-state index in [2.05, 4.69) is 10.4 Å². The first-order valence-corrected chi connectivity index (χ1v) is 9.08. The van der Waals surface area contributed by atoms with E-state index in [1.807, 2.05) is 32.0 Å². The van der Waals surface area contributed by atoms with Crippen LogP contribution in [-0.2, 0) is 11.3 Å². The average Bonchev–Trinajstić information content (AvgIpc) is 3.21. The van der Waals surface area contributed by atoms with Crippen molar-refractivity contribution in [3.8, 4) is 17.2 Å². The molecule has 0 fully saturated rings. The maximum atomic E-state index is 12.3. The Kier molecular flexibility index (Phi) is 5.93. The van der Waals surface area contributed by atoms with Gasteiger partial charge in [0.25, 0.3) is 11.5 Å². The molecule has 7 nitrogen and oxygen atoms in total. The van der Waals surface area contributed by atoms with Gasteiger partial charge in [-0.3, -0.25) is 9.59 Å². The Hall–Kier alpha value is -3.35. The molecule has 0 bridgehead atoms. The van der Waals surface area contributed by atoms with Crippen LogP contribution in [0.5, 0.6) is 5.75 Å². The minimum atomic E-state index is -0.653. The first kappa shape index (κ1) is 19.4. The van der Waals surface area contributed by atoms with Gasteiger partial charge in [0, 0.05) is 12.6 Å². The van der Waals surface area contributed by atoms with Crippen LogP contribution < -0.4 is 15.6 Å². The van der Waals surface area contributed by atoms with Crippen molar-refractivity contribution in [1.29, 1.82) is 0 Å².